The lowest BCUT2D eigenvalue weighted by Gasteiger charge is -2.31. The Morgan fingerprint density at radius 3 is 2.65 bits per heavy atom. The van der Waals surface area contributed by atoms with Crippen molar-refractivity contribution in [3.05, 3.63) is 29.8 Å². The number of benzene rings is 1. The summed E-state index contributed by atoms with van der Waals surface area (Å²) >= 11 is 0. The maximum atomic E-state index is 12.4. The Hall–Kier alpha value is -2.11. The van der Waals surface area contributed by atoms with Crippen molar-refractivity contribution in [2.24, 2.45) is 0 Å². The molecule has 0 aromatic heterocycles. The minimum absolute atomic E-state index is 0.0182. The van der Waals surface area contributed by atoms with Gasteiger partial charge in [-0.2, -0.15) is 5.26 Å². The Morgan fingerprint density at radius 2 is 2.04 bits per heavy atom. The van der Waals surface area contributed by atoms with Gasteiger partial charge in [0, 0.05) is 19.1 Å². The molecule has 0 radical (unpaired) electrons. The van der Waals surface area contributed by atoms with E-state index in [2.05, 4.69) is 4.72 Å². The van der Waals surface area contributed by atoms with Crippen molar-refractivity contribution in [1.29, 1.82) is 5.26 Å². The van der Waals surface area contributed by atoms with E-state index in [9.17, 15) is 13.2 Å². The highest BCUT2D eigenvalue weighted by molar-refractivity contribution is 7.89. The lowest BCUT2D eigenvalue weighted by atomic mass is 10.1. The van der Waals surface area contributed by atoms with Crippen molar-refractivity contribution >= 4 is 16.1 Å². The first-order valence-electron chi connectivity index (χ1n) is 7.41. The molecule has 1 aliphatic heterocycles. The molecular weight excluding hydrogens is 318 g/mol. The number of nitrogens with zero attached hydrogens (tertiary/aromatic N) is 2. The zero-order valence-electron chi connectivity index (χ0n) is 12.9. The van der Waals surface area contributed by atoms with Gasteiger partial charge in [-0.15, -0.1) is 0 Å². The van der Waals surface area contributed by atoms with Crippen LogP contribution in [0.2, 0.25) is 0 Å². The second-order valence-corrected chi connectivity index (χ2v) is 6.87. The second-order valence-electron chi connectivity index (χ2n) is 5.19. The molecular formula is C15H19N3O4S. The fourth-order valence-electron chi connectivity index (χ4n) is 2.47. The van der Waals surface area contributed by atoms with E-state index < -0.39 is 10.0 Å². The van der Waals surface area contributed by atoms with E-state index in [0.717, 1.165) is 0 Å². The Morgan fingerprint density at radius 1 is 1.39 bits per heavy atom. The van der Waals surface area contributed by atoms with Gasteiger partial charge in [-0.3, -0.25) is 0 Å². The predicted molar refractivity (Wildman–Crippen MR) is 83.1 cm³/mol. The molecule has 0 aliphatic carbocycles. The van der Waals surface area contributed by atoms with Crippen LogP contribution in [-0.2, 0) is 14.8 Å². The summed E-state index contributed by atoms with van der Waals surface area (Å²) in [6.45, 7) is 2.93. The highest BCUT2D eigenvalue weighted by atomic mass is 32.2. The summed E-state index contributed by atoms with van der Waals surface area (Å²) in [6, 6.07) is 7.70. The van der Waals surface area contributed by atoms with Gasteiger partial charge in [-0.1, -0.05) is 12.1 Å². The topological polar surface area (TPSA) is 99.5 Å². The van der Waals surface area contributed by atoms with Crippen molar-refractivity contribution in [2.75, 3.05) is 19.7 Å². The van der Waals surface area contributed by atoms with Crippen molar-refractivity contribution in [3.63, 3.8) is 0 Å². The Balaban J connectivity index is 2.01. The lowest BCUT2D eigenvalue weighted by Crippen LogP contribution is -2.46. The molecule has 0 atom stereocenters. The quantitative estimate of drug-likeness (QED) is 0.896. The van der Waals surface area contributed by atoms with E-state index >= 15 is 0 Å². The molecule has 23 heavy (non-hydrogen) atoms. The van der Waals surface area contributed by atoms with Gasteiger partial charge in [0.15, 0.2) is 0 Å². The molecule has 7 nitrogen and oxygen atoms in total. The van der Waals surface area contributed by atoms with Crippen LogP contribution in [0.4, 0.5) is 4.79 Å². The smallest absolute Gasteiger partial charge is 0.409 e. The van der Waals surface area contributed by atoms with Crippen LogP contribution in [0.3, 0.4) is 0 Å². The van der Waals surface area contributed by atoms with Gasteiger partial charge in [0.2, 0.25) is 10.0 Å². The van der Waals surface area contributed by atoms with Crippen LogP contribution in [0.1, 0.15) is 25.3 Å². The first-order valence-corrected chi connectivity index (χ1v) is 8.89. The van der Waals surface area contributed by atoms with E-state index in [1.165, 1.54) is 12.1 Å². The SMILES string of the molecule is CCOC(=O)N1CCC(NS(=O)(=O)c2ccccc2C#N)CC1. The number of carbonyl (C=O) groups excluding carboxylic acids is 1. The maximum Gasteiger partial charge on any atom is 0.409 e. The Bertz CT molecular complexity index is 704. The first kappa shape index (κ1) is 17.2. The van der Waals surface area contributed by atoms with Crippen LogP contribution in [0.15, 0.2) is 29.2 Å². The lowest BCUT2D eigenvalue weighted by molar-refractivity contribution is 0.0966. The van der Waals surface area contributed by atoms with Crippen molar-refractivity contribution in [3.8, 4) is 6.07 Å². The number of piperidine rings is 1. The number of nitriles is 1. The third-order valence-electron chi connectivity index (χ3n) is 3.64. The summed E-state index contributed by atoms with van der Waals surface area (Å²) in [7, 11) is -3.76. The van der Waals surface area contributed by atoms with Crippen LogP contribution in [0.25, 0.3) is 0 Å². The summed E-state index contributed by atoms with van der Waals surface area (Å²) in [6.07, 6.45) is 0.642. The van der Waals surface area contributed by atoms with E-state index in [4.69, 9.17) is 10.00 Å². The van der Waals surface area contributed by atoms with Crippen molar-refractivity contribution in [2.45, 2.75) is 30.7 Å². The Labute approximate surface area is 135 Å². The number of rotatable bonds is 4. The third kappa shape index (κ3) is 4.21. The van der Waals surface area contributed by atoms with Gasteiger partial charge in [0.05, 0.1) is 17.1 Å². The number of hydrogen-bond acceptors (Lipinski definition) is 5. The molecule has 1 amide bonds. The first-order chi connectivity index (χ1) is 11.0. The Kier molecular flexibility index (Phi) is 5.58. The molecule has 0 bridgehead atoms. The van der Waals surface area contributed by atoms with Crippen LogP contribution in [-0.4, -0.2) is 45.1 Å². The third-order valence-corrected chi connectivity index (χ3v) is 5.22. The molecule has 1 heterocycles. The van der Waals surface area contributed by atoms with Gasteiger partial charge in [0.25, 0.3) is 0 Å². The number of carbonyl (C=O) groups is 1. The van der Waals surface area contributed by atoms with Gasteiger partial charge in [-0.25, -0.2) is 17.9 Å². The molecule has 1 aliphatic rings. The zero-order valence-corrected chi connectivity index (χ0v) is 13.7. The largest absolute Gasteiger partial charge is 0.450 e. The maximum absolute atomic E-state index is 12.4. The van der Waals surface area contributed by atoms with Crippen LogP contribution in [0, 0.1) is 11.3 Å². The fraction of sp³-hybridized carbons (Fsp3) is 0.467. The van der Waals surface area contributed by atoms with Crippen LogP contribution < -0.4 is 4.72 Å². The molecule has 2 rings (SSSR count). The summed E-state index contributed by atoms with van der Waals surface area (Å²) < 4.78 is 32.4. The van der Waals surface area contributed by atoms with Gasteiger partial charge in [0.1, 0.15) is 6.07 Å². The average molecular weight is 337 g/mol. The molecule has 1 fully saturated rings. The highest BCUT2D eigenvalue weighted by Crippen LogP contribution is 2.18. The summed E-state index contributed by atoms with van der Waals surface area (Å²) in [5, 5.41) is 9.03. The number of sulfonamides is 1. The van der Waals surface area contributed by atoms with Gasteiger partial charge in [-0.05, 0) is 31.9 Å². The van der Waals surface area contributed by atoms with Crippen molar-refractivity contribution < 1.29 is 17.9 Å². The van der Waals surface area contributed by atoms with Crippen LogP contribution >= 0.6 is 0 Å². The molecule has 0 saturated carbocycles. The number of ether oxygens (including phenoxy) is 1. The number of likely N-dealkylation sites (tertiary alicyclic amines) is 1. The number of hydrogen-bond donors (Lipinski definition) is 1. The molecule has 124 valence electrons. The predicted octanol–water partition coefficient (Wildman–Crippen LogP) is 1.46. The average Bonchev–Trinajstić information content (AvgIpc) is 2.55. The number of amides is 1. The number of nitrogens with one attached hydrogen (secondary N) is 1. The van der Waals surface area contributed by atoms with E-state index in [-0.39, 0.29) is 22.6 Å². The summed E-state index contributed by atoms with van der Waals surface area (Å²) in [5.41, 5.74) is 0.115. The van der Waals surface area contributed by atoms with E-state index in [1.807, 2.05) is 6.07 Å². The molecule has 0 unspecified atom stereocenters. The molecule has 1 aromatic rings. The zero-order chi connectivity index (χ0) is 16.9. The standard InChI is InChI=1S/C15H19N3O4S/c1-2-22-15(19)18-9-7-13(8-10-18)17-23(20,21)14-6-4-3-5-12(14)11-16/h3-6,13,17H,2,7-10H2,1H3. The fourth-order valence-corrected chi connectivity index (χ4v) is 3.93. The summed E-state index contributed by atoms with van der Waals surface area (Å²) in [4.78, 5) is 13.2. The van der Waals surface area contributed by atoms with Crippen molar-refractivity contribution in [1.82, 2.24) is 9.62 Å². The van der Waals surface area contributed by atoms with E-state index in [0.29, 0.717) is 32.5 Å². The van der Waals surface area contributed by atoms with Gasteiger partial charge < -0.3 is 9.64 Å². The molecule has 1 N–H and O–H groups in total. The highest BCUT2D eigenvalue weighted by Gasteiger charge is 2.28. The van der Waals surface area contributed by atoms with Crippen LogP contribution in [0.5, 0.6) is 0 Å². The monoisotopic (exact) mass is 337 g/mol. The van der Waals surface area contributed by atoms with E-state index in [1.54, 1.807) is 24.0 Å². The van der Waals surface area contributed by atoms with Gasteiger partial charge >= 0.3 is 6.09 Å². The molecule has 0 spiro atoms. The minimum Gasteiger partial charge on any atom is -0.450 e. The summed E-state index contributed by atoms with van der Waals surface area (Å²) in [5.74, 6) is 0. The molecule has 8 heteroatoms. The normalized spacial score (nSPS) is 15.9. The second kappa shape index (κ2) is 7.44. The minimum atomic E-state index is -3.76. The molecule has 1 aromatic carbocycles. The molecule has 1 saturated heterocycles.